The van der Waals surface area contributed by atoms with E-state index in [0.717, 1.165) is 0 Å². The van der Waals surface area contributed by atoms with Crippen molar-refractivity contribution in [2.24, 2.45) is 0 Å². The van der Waals surface area contributed by atoms with E-state index in [2.05, 4.69) is 15.5 Å². The molecule has 3 amide bonds. The number of imide groups is 1. The van der Waals surface area contributed by atoms with Crippen LogP contribution in [0.5, 0.6) is 0 Å². The second kappa shape index (κ2) is 7.90. The summed E-state index contributed by atoms with van der Waals surface area (Å²) in [6.07, 6.45) is 0.223. The Labute approximate surface area is 171 Å². The van der Waals surface area contributed by atoms with Crippen molar-refractivity contribution in [2.75, 3.05) is 29.4 Å². The molecule has 1 aromatic heterocycles. The minimum absolute atomic E-state index is 0. The summed E-state index contributed by atoms with van der Waals surface area (Å²) in [5.74, 6) is -1.71. The number of hydrogen-bond acceptors (Lipinski definition) is 6. The molecule has 2 aromatic rings. The number of urea groups is 1. The lowest BCUT2D eigenvalue weighted by atomic mass is 9.88. The van der Waals surface area contributed by atoms with Crippen molar-refractivity contribution in [3.8, 4) is 0 Å². The molecule has 1 aromatic carbocycles. The Hall–Kier alpha value is -3.21. The molecule has 11 heteroatoms. The van der Waals surface area contributed by atoms with Crippen molar-refractivity contribution in [2.45, 2.75) is 38.7 Å². The molecule has 4 rings (SSSR count). The van der Waals surface area contributed by atoms with Gasteiger partial charge in [-0.2, -0.15) is 5.10 Å². The van der Waals surface area contributed by atoms with Crippen LogP contribution in [0.3, 0.4) is 0 Å². The number of carbonyl (C=O) groups is 3. The summed E-state index contributed by atoms with van der Waals surface area (Å²) in [4.78, 5) is 37.3. The molecule has 0 spiro atoms. The molecule has 2 aliphatic heterocycles. The lowest BCUT2D eigenvalue weighted by Gasteiger charge is -2.38. The molecule has 0 atom stereocenters. The van der Waals surface area contributed by atoms with Crippen molar-refractivity contribution in [1.29, 1.82) is 0 Å². The quantitative estimate of drug-likeness (QED) is 0.588. The van der Waals surface area contributed by atoms with E-state index in [9.17, 15) is 23.9 Å². The smallest absolute Gasteiger partial charge is 0.329 e. The van der Waals surface area contributed by atoms with E-state index in [-0.39, 0.29) is 51.4 Å². The summed E-state index contributed by atoms with van der Waals surface area (Å²) in [5, 5.41) is 28.8. The fourth-order valence-corrected chi connectivity index (χ4v) is 3.85. The third-order valence-corrected chi connectivity index (χ3v) is 5.43. The number of aliphatic hydroxyl groups is 1. The molecular formula is C19H24FN5O5. The number of piperidine rings is 1. The van der Waals surface area contributed by atoms with Crippen LogP contribution in [-0.4, -0.2) is 63.6 Å². The number of carbonyl (C=O) groups excluding carboxylic acids is 2. The zero-order valence-corrected chi connectivity index (χ0v) is 15.4. The Morgan fingerprint density at radius 1 is 1.23 bits per heavy atom. The summed E-state index contributed by atoms with van der Waals surface area (Å²) in [6.45, 7) is 0.774. The van der Waals surface area contributed by atoms with Gasteiger partial charge in [-0.25, -0.2) is 9.18 Å². The van der Waals surface area contributed by atoms with Crippen molar-refractivity contribution in [3.05, 3.63) is 17.9 Å². The molecule has 30 heavy (non-hydrogen) atoms. The molecule has 0 unspecified atom stereocenters. The minimum Gasteiger partial charge on any atom is -0.481 e. The number of carboxylic acid groups (broad SMARTS) is 1. The Balaban J connectivity index is 0.00000256. The highest BCUT2D eigenvalue weighted by Crippen LogP contribution is 2.34. The molecule has 2 fully saturated rings. The van der Waals surface area contributed by atoms with E-state index in [1.54, 1.807) is 11.0 Å². The van der Waals surface area contributed by atoms with Gasteiger partial charge in [-0.1, -0.05) is 7.43 Å². The molecular weight excluding hydrogens is 397 g/mol. The highest BCUT2D eigenvalue weighted by Gasteiger charge is 2.35. The van der Waals surface area contributed by atoms with Gasteiger partial charge in [0.05, 0.1) is 23.2 Å². The van der Waals surface area contributed by atoms with Gasteiger partial charge in [0.25, 0.3) is 0 Å². The number of hydrogen-bond donors (Lipinski definition) is 4. The van der Waals surface area contributed by atoms with E-state index >= 15 is 0 Å². The SMILES string of the molecule is C.O=C(O)CC1(O)CCN(c2cc3[nH]nc(N4CCC(=O)NC4=O)c3cc2F)CC1. The third kappa shape index (κ3) is 3.92. The van der Waals surface area contributed by atoms with E-state index in [1.165, 1.54) is 11.0 Å². The number of amides is 3. The van der Waals surface area contributed by atoms with Gasteiger partial charge in [0.15, 0.2) is 5.82 Å². The number of halogens is 1. The zero-order valence-electron chi connectivity index (χ0n) is 15.4. The molecule has 4 N–H and O–H groups in total. The van der Waals surface area contributed by atoms with Gasteiger partial charge >= 0.3 is 12.0 Å². The maximum absolute atomic E-state index is 14.9. The van der Waals surface area contributed by atoms with Crippen LogP contribution in [0.2, 0.25) is 0 Å². The molecule has 2 aliphatic rings. The third-order valence-electron chi connectivity index (χ3n) is 5.43. The van der Waals surface area contributed by atoms with Crippen LogP contribution in [0.15, 0.2) is 12.1 Å². The molecule has 0 bridgehead atoms. The van der Waals surface area contributed by atoms with Crippen LogP contribution < -0.4 is 15.1 Å². The number of benzene rings is 1. The zero-order chi connectivity index (χ0) is 20.8. The molecule has 0 saturated carbocycles. The lowest BCUT2D eigenvalue weighted by molar-refractivity contribution is -0.143. The molecule has 0 radical (unpaired) electrons. The fraction of sp³-hybridized carbons (Fsp3) is 0.474. The minimum atomic E-state index is -1.29. The topological polar surface area (TPSA) is 139 Å². The second-order valence-corrected chi connectivity index (χ2v) is 7.43. The summed E-state index contributed by atoms with van der Waals surface area (Å²) in [6, 6.07) is 2.26. The van der Waals surface area contributed by atoms with Crippen LogP contribution in [-0.2, 0) is 9.59 Å². The Bertz CT molecular complexity index is 999. The van der Waals surface area contributed by atoms with Gasteiger partial charge in [0.2, 0.25) is 5.91 Å². The van der Waals surface area contributed by atoms with Crippen molar-refractivity contribution in [3.63, 3.8) is 0 Å². The van der Waals surface area contributed by atoms with E-state index in [1.807, 2.05) is 0 Å². The summed E-state index contributed by atoms with van der Waals surface area (Å²) >= 11 is 0. The van der Waals surface area contributed by atoms with E-state index in [4.69, 9.17) is 5.11 Å². The average Bonchev–Trinajstić information content (AvgIpc) is 3.03. The average molecular weight is 421 g/mol. The fourth-order valence-electron chi connectivity index (χ4n) is 3.85. The maximum atomic E-state index is 14.9. The largest absolute Gasteiger partial charge is 0.481 e. The first-order chi connectivity index (χ1) is 13.8. The Morgan fingerprint density at radius 2 is 1.93 bits per heavy atom. The number of nitrogens with zero attached hydrogens (tertiary/aromatic N) is 3. The van der Waals surface area contributed by atoms with Crippen molar-refractivity contribution < 1.29 is 29.0 Å². The molecule has 10 nitrogen and oxygen atoms in total. The Morgan fingerprint density at radius 3 is 2.57 bits per heavy atom. The van der Waals surface area contributed by atoms with Crippen molar-refractivity contribution >= 4 is 40.3 Å². The summed E-state index contributed by atoms with van der Waals surface area (Å²) in [5.41, 5.74) is -0.459. The van der Waals surface area contributed by atoms with Gasteiger partial charge in [0, 0.05) is 31.4 Å². The number of anilines is 2. The van der Waals surface area contributed by atoms with Crippen LogP contribution in [0.1, 0.15) is 33.1 Å². The lowest BCUT2D eigenvalue weighted by Crippen LogP contribution is -2.49. The normalized spacial score (nSPS) is 18.9. The van der Waals surface area contributed by atoms with Crippen LogP contribution in [0, 0.1) is 5.82 Å². The predicted molar refractivity (Wildman–Crippen MR) is 107 cm³/mol. The summed E-state index contributed by atoms with van der Waals surface area (Å²) < 4.78 is 14.9. The van der Waals surface area contributed by atoms with Gasteiger partial charge < -0.3 is 15.1 Å². The number of carboxylic acids is 1. The number of nitrogens with one attached hydrogen (secondary N) is 2. The first kappa shape index (κ1) is 21.5. The van der Waals surface area contributed by atoms with E-state index in [0.29, 0.717) is 29.7 Å². The van der Waals surface area contributed by atoms with Crippen molar-refractivity contribution in [1.82, 2.24) is 15.5 Å². The van der Waals surface area contributed by atoms with Gasteiger partial charge in [-0.05, 0) is 25.0 Å². The number of fused-ring (bicyclic) bond motifs is 1. The number of H-pyrrole nitrogens is 1. The molecule has 2 saturated heterocycles. The number of aromatic nitrogens is 2. The number of aliphatic carboxylic acids is 1. The van der Waals surface area contributed by atoms with Gasteiger partial charge in [-0.3, -0.25) is 24.9 Å². The van der Waals surface area contributed by atoms with E-state index < -0.39 is 23.4 Å². The molecule has 0 aliphatic carbocycles. The first-order valence-corrected chi connectivity index (χ1v) is 9.24. The standard InChI is InChI=1S/C18H20FN5O5.CH4/c19-11-7-10-12(21-22-16(10)24-4-1-14(25)20-17(24)28)8-13(11)23-5-2-18(29,3-6-23)9-15(26)27;/h7-8,29H,1-6,9H2,(H,21,22)(H,26,27)(H,20,25,28);1H4. The van der Waals surface area contributed by atoms with Crippen LogP contribution in [0.4, 0.5) is 20.7 Å². The molecule has 3 heterocycles. The van der Waals surface area contributed by atoms with Crippen LogP contribution >= 0.6 is 0 Å². The highest BCUT2D eigenvalue weighted by molar-refractivity contribution is 6.09. The monoisotopic (exact) mass is 421 g/mol. The highest BCUT2D eigenvalue weighted by atomic mass is 19.1. The summed E-state index contributed by atoms with van der Waals surface area (Å²) in [7, 11) is 0. The predicted octanol–water partition coefficient (Wildman–Crippen LogP) is 1.59. The van der Waals surface area contributed by atoms with Crippen LogP contribution in [0.25, 0.3) is 10.9 Å². The maximum Gasteiger partial charge on any atom is 0.329 e. The number of aromatic amines is 1. The second-order valence-electron chi connectivity index (χ2n) is 7.43. The molecule has 162 valence electrons. The first-order valence-electron chi connectivity index (χ1n) is 9.24. The van der Waals surface area contributed by atoms with Gasteiger partial charge in [-0.15, -0.1) is 0 Å². The van der Waals surface area contributed by atoms with Gasteiger partial charge in [0.1, 0.15) is 5.82 Å². The number of rotatable bonds is 4. The Kier molecular flexibility index (Phi) is 5.66.